The highest BCUT2D eigenvalue weighted by atomic mass is 16.2. The molecule has 1 saturated heterocycles. The summed E-state index contributed by atoms with van der Waals surface area (Å²) in [6, 6.07) is 9.08. The molecule has 1 aliphatic heterocycles. The molecule has 1 aromatic rings. The number of nitrogens with one attached hydrogen (secondary N) is 3. The minimum atomic E-state index is -0.732. The molecule has 1 unspecified atom stereocenters. The van der Waals surface area contributed by atoms with Crippen LogP contribution in [0.4, 0.5) is 4.79 Å². The number of amides is 4. The molecule has 29 heavy (non-hydrogen) atoms. The number of hydrogen-bond acceptors (Lipinski definition) is 3. The fourth-order valence-electron chi connectivity index (χ4n) is 4.13. The number of carbonyl (C=O) groups excluding carboxylic acids is 3. The van der Waals surface area contributed by atoms with Gasteiger partial charge in [-0.25, -0.2) is 4.79 Å². The molecule has 2 fully saturated rings. The molecule has 2 aliphatic rings. The third-order valence-corrected chi connectivity index (χ3v) is 5.82. The van der Waals surface area contributed by atoms with Crippen molar-refractivity contribution in [3.05, 3.63) is 35.9 Å². The quantitative estimate of drug-likeness (QED) is 0.704. The first-order valence-corrected chi connectivity index (χ1v) is 10.6. The third kappa shape index (κ3) is 5.49. The van der Waals surface area contributed by atoms with E-state index in [4.69, 9.17) is 0 Å². The molecule has 1 aliphatic carbocycles. The Balaban J connectivity index is 1.67. The monoisotopic (exact) mass is 400 g/mol. The average Bonchev–Trinajstić information content (AvgIpc) is 3.09. The molecule has 0 radical (unpaired) electrons. The van der Waals surface area contributed by atoms with Crippen LogP contribution in [0.25, 0.3) is 0 Å². The molecule has 0 aromatic heterocycles. The van der Waals surface area contributed by atoms with E-state index in [0.717, 1.165) is 37.7 Å². The fourth-order valence-corrected chi connectivity index (χ4v) is 4.13. The van der Waals surface area contributed by atoms with Gasteiger partial charge < -0.3 is 20.9 Å². The van der Waals surface area contributed by atoms with Gasteiger partial charge in [0.15, 0.2) is 0 Å². The van der Waals surface area contributed by atoms with Gasteiger partial charge in [0, 0.05) is 19.0 Å². The van der Waals surface area contributed by atoms with Crippen molar-refractivity contribution in [3.63, 3.8) is 0 Å². The maximum absolute atomic E-state index is 12.9. The fraction of sp³-hybridized carbons (Fsp3) is 0.591. The smallest absolute Gasteiger partial charge is 0.317 e. The third-order valence-electron chi connectivity index (χ3n) is 5.82. The van der Waals surface area contributed by atoms with Crippen molar-refractivity contribution in [1.29, 1.82) is 0 Å². The highest BCUT2D eigenvalue weighted by Gasteiger charge is 2.43. The van der Waals surface area contributed by atoms with Crippen molar-refractivity contribution in [2.75, 3.05) is 19.6 Å². The summed E-state index contributed by atoms with van der Waals surface area (Å²) in [6.07, 6.45) is 4.53. The first kappa shape index (κ1) is 21.1. The van der Waals surface area contributed by atoms with Gasteiger partial charge in [-0.2, -0.15) is 0 Å². The lowest BCUT2D eigenvalue weighted by molar-refractivity contribution is -0.131. The zero-order chi connectivity index (χ0) is 20.9. The Morgan fingerprint density at radius 1 is 1.21 bits per heavy atom. The Kier molecular flexibility index (Phi) is 6.77. The van der Waals surface area contributed by atoms with Crippen molar-refractivity contribution < 1.29 is 14.4 Å². The molecule has 1 aromatic carbocycles. The highest BCUT2D eigenvalue weighted by molar-refractivity contribution is 5.90. The van der Waals surface area contributed by atoms with Gasteiger partial charge in [-0.05, 0) is 24.8 Å². The standard InChI is InChI=1S/C22H32N4O3/c1-16(2)19(27)24-18-14-26(15-22(25-20(18)28)11-6-7-12-22)21(29)23-13-10-17-8-4-3-5-9-17/h3-5,8-9,16,18H,6-7,10-15H2,1-2H3,(H,23,29)(H,24,27)(H,25,28). The second-order valence-electron chi connectivity index (χ2n) is 8.54. The number of rotatable bonds is 5. The van der Waals surface area contributed by atoms with Crippen LogP contribution in [0, 0.1) is 5.92 Å². The van der Waals surface area contributed by atoms with Gasteiger partial charge in [0.2, 0.25) is 11.8 Å². The zero-order valence-electron chi connectivity index (χ0n) is 17.4. The molecule has 7 heteroatoms. The van der Waals surface area contributed by atoms with Gasteiger partial charge in [0.05, 0.1) is 12.1 Å². The van der Waals surface area contributed by atoms with Crippen molar-refractivity contribution >= 4 is 17.8 Å². The van der Waals surface area contributed by atoms with Gasteiger partial charge >= 0.3 is 6.03 Å². The van der Waals surface area contributed by atoms with E-state index in [1.54, 1.807) is 18.7 Å². The van der Waals surface area contributed by atoms with E-state index in [-0.39, 0.29) is 35.8 Å². The lowest BCUT2D eigenvalue weighted by Crippen LogP contribution is -2.54. The molecule has 1 saturated carbocycles. The zero-order valence-corrected chi connectivity index (χ0v) is 17.4. The number of benzene rings is 1. The highest BCUT2D eigenvalue weighted by Crippen LogP contribution is 2.32. The maximum atomic E-state index is 12.9. The summed E-state index contributed by atoms with van der Waals surface area (Å²) < 4.78 is 0. The molecule has 0 bridgehead atoms. The minimum absolute atomic E-state index is 0.183. The Bertz CT molecular complexity index is 729. The summed E-state index contributed by atoms with van der Waals surface area (Å²) in [7, 11) is 0. The number of urea groups is 1. The van der Waals surface area contributed by atoms with Crippen LogP contribution in [0.5, 0.6) is 0 Å². The SMILES string of the molecule is CC(C)C(=O)NC1CN(C(=O)NCCc2ccccc2)CC2(CCCC2)NC1=O. The Morgan fingerprint density at radius 3 is 2.55 bits per heavy atom. The molecule has 3 N–H and O–H groups in total. The Morgan fingerprint density at radius 2 is 1.90 bits per heavy atom. The van der Waals surface area contributed by atoms with Crippen LogP contribution in [0.3, 0.4) is 0 Å². The predicted octanol–water partition coefficient (Wildman–Crippen LogP) is 1.82. The first-order valence-electron chi connectivity index (χ1n) is 10.6. The summed E-state index contributed by atoms with van der Waals surface area (Å²) in [5, 5.41) is 8.93. The molecule has 1 heterocycles. The largest absolute Gasteiger partial charge is 0.347 e. The maximum Gasteiger partial charge on any atom is 0.317 e. The van der Waals surface area contributed by atoms with Crippen molar-refractivity contribution in [1.82, 2.24) is 20.9 Å². The Labute approximate surface area is 172 Å². The Hall–Kier alpha value is -2.57. The summed E-state index contributed by atoms with van der Waals surface area (Å²) in [6.45, 7) is 4.76. The second-order valence-corrected chi connectivity index (χ2v) is 8.54. The summed E-state index contributed by atoms with van der Waals surface area (Å²) in [5.41, 5.74) is 0.778. The van der Waals surface area contributed by atoms with Gasteiger partial charge in [0.25, 0.3) is 0 Å². The normalized spacial score (nSPS) is 21.0. The molecule has 1 atom stereocenters. The molecular formula is C22H32N4O3. The number of nitrogens with zero attached hydrogens (tertiary/aromatic N) is 1. The van der Waals surface area contributed by atoms with Crippen molar-refractivity contribution in [2.24, 2.45) is 5.92 Å². The average molecular weight is 401 g/mol. The summed E-state index contributed by atoms with van der Waals surface area (Å²) >= 11 is 0. The minimum Gasteiger partial charge on any atom is -0.347 e. The summed E-state index contributed by atoms with van der Waals surface area (Å²) in [4.78, 5) is 39.6. The van der Waals surface area contributed by atoms with E-state index >= 15 is 0 Å². The molecular weight excluding hydrogens is 368 g/mol. The van der Waals surface area contributed by atoms with E-state index in [0.29, 0.717) is 13.1 Å². The van der Waals surface area contributed by atoms with E-state index in [2.05, 4.69) is 16.0 Å². The van der Waals surface area contributed by atoms with Crippen LogP contribution in [0.15, 0.2) is 30.3 Å². The van der Waals surface area contributed by atoms with E-state index in [1.165, 1.54) is 0 Å². The number of carbonyl (C=O) groups is 3. The van der Waals surface area contributed by atoms with Crippen molar-refractivity contribution in [3.8, 4) is 0 Å². The lowest BCUT2D eigenvalue weighted by atomic mass is 9.97. The van der Waals surface area contributed by atoms with Crippen LogP contribution in [0.1, 0.15) is 45.1 Å². The predicted molar refractivity (Wildman–Crippen MR) is 111 cm³/mol. The van der Waals surface area contributed by atoms with Gasteiger partial charge in [0.1, 0.15) is 6.04 Å². The van der Waals surface area contributed by atoms with E-state index in [9.17, 15) is 14.4 Å². The van der Waals surface area contributed by atoms with Crippen LogP contribution < -0.4 is 16.0 Å². The van der Waals surface area contributed by atoms with Gasteiger partial charge in [-0.3, -0.25) is 9.59 Å². The molecule has 3 rings (SSSR count). The molecule has 1 spiro atoms. The lowest BCUT2D eigenvalue weighted by Gasteiger charge is -2.32. The first-order chi connectivity index (χ1) is 13.9. The van der Waals surface area contributed by atoms with Crippen LogP contribution >= 0.6 is 0 Å². The number of hydrogen-bond donors (Lipinski definition) is 3. The van der Waals surface area contributed by atoms with Crippen LogP contribution in [-0.2, 0) is 16.0 Å². The van der Waals surface area contributed by atoms with Gasteiger partial charge in [-0.1, -0.05) is 57.0 Å². The van der Waals surface area contributed by atoms with E-state index < -0.39 is 6.04 Å². The molecule has 4 amide bonds. The molecule has 7 nitrogen and oxygen atoms in total. The van der Waals surface area contributed by atoms with E-state index in [1.807, 2.05) is 30.3 Å². The second kappa shape index (κ2) is 9.29. The summed E-state index contributed by atoms with van der Waals surface area (Å²) in [5.74, 6) is -0.600. The van der Waals surface area contributed by atoms with Crippen LogP contribution in [-0.4, -0.2) is 54.0 Å². The van der Waals surface area contributed by atoms with Crippen LogP contribution in [0.2, 0.25) is 0 Å². The molecule has 158 valence electrons. The van der Waals surface area contributed by atoms with Crippen molar-refractivity contribution in [2.45, 2.75) is 57.5 Å². The topological polar surface area (TPSA) is 90.5 Å². The van der Waals surface area contributed by atoms with Gasteiger partial charge in [-0.15, -0.1) is 0 Å².